The second-order valence-corrected chi connectivity index (χ2v) is 7.02. The Labute approximate surface area is 159 Å². The lowest BCUT2D eigenvalue weighted by molar-refractivity contribution is -0.121. The van der Waals surface area contributed by atoms with Crippen molar-refractivity contribution in [2.45, 2.75) is 6.92 Å². The monoisotopic (exact) mass is 415 g/mol. The molecule has 1 heterocycles. The van der Waals surface area contributed by atoms with E-state index in [9.17, 15) is 14.4 Å². The zero-order valence-electron chi connectivity index (χ0n) is 14.5. The summed E-state index contributed by atoms with van der Waals surface area (Å²) >= 11 is 3.42. The third kappa shape index (κ3) is 3.62. The van der Waals surface area contributed by atoms with Crippen LogP contribution in [0.3, 0.4) is 0 Å². The molecule has 0 spiro atoms. The minimum atomic E-state index is -0.327. The first-order chi connectivity index (χ1) is 12.4. The van der Waals surface area contributed by atoms with Crippen LogP contribution in [0.5, 0.6) is 0 Å². The highest BCUT2D eigenvalue weighted by Gasteiger charge is 2.30. The van der Waals surface area contributed by atoms with E-state index in [1.54, 1.807) is 37.4 Å². The van der Waals surface area contributed by atoms with Gasteiger partial charge in [0.2, 0.25) is 11.8 Å². The van der Waals surface area contributed by atoms with Crippen molar-refractivity contribution in [1.29, 1.82) is 0 Å². The van der Waals surface area contributed by atoms with E-state index in [0.717, 1.165) is 10.0 Å². The van der Waals surface area contributed by atoms with Crippen molar-refractivity contribution >= 4 is 45.0 Å². The Morgan fingerprint density at radius 3 is 2.65 bits per heavy atom. The number of nitrogens with one attached hydrogen (secondary N) is 1. The summed E-state index contributed by atoms with van der Waals surface area (Å²) in [4.78, 5) is 40.2. The normalized spacial score (nSPS) is 14.1. The highest BCUT2D eigenvalue weighted by Crippen LogP contribution is 2.25. The van der Waals surface area contributed by atoms with Crippen molar-refractivity contribution in [3.8, 4) is 0 Å². The van der Waals surface area contributed by atoms with Crippen LogP contribution in [0.1, 0.15) is 15.9 Å². The largest absolute Gasteiger partial charge is 0.332 e. The second kappa shape index (κ2) is 7.29. The summed E-state index contributed by atoms with van der Waals surface area (Å²) in [5.41, 5.74) is 2.51. The van der Waals surface area contributed by atoms with Gasteiger partial charge in [-0.3, -0.25) is 14.4 Å². The van der Waals surface area contributed by atoms with E-state index in [-0.39, 0.29) is 30.8 Å². The van der Waals surface area contributed by atoms with Crippen molar-refractivity contribution in [2.24, 2.45) is 0 Å². The summed E-state index contributed by atoms with van der Waals surface area (Å²) in [6.45, 7) is 1.69. The Hall–Kier alpha value is -2.67. The predicted octanol–water partition coefficient (Wildman–Crippen LogP) is 2.81. The number of carbonyl (C=O) groups excluding carboxylic acids is 3. The average molecular weight is 416 g/mol. The molecule has 0 unspecified atom stereocenters. The molecule has 0 aromatic heterocycles. The molecule has 2 aromatic rings. The fourth-order valence-electron chi connectivity index (χ4n) is 2.83. The number of halogens is 1. The number of rotatable bonds is 3. The fourth-order valence-corrected chi connectivity index (χ4v) is 3.08. The van der Waals surface area contributed by atoms with Crippen molar-refractivity contribution in [3.05, 3.63) is 58.1 Å². The first kappa shape index (κ1) is 18.1. The van der Waals surface area contributed by atoms with E-state index in [4.69, 9.17) is 0 Å². The average Bonchev–Trinajstić information content (AvgIpc) is 2.69. The maximum absolute atomic E-state index is 12.6. The van der Waals surface area contributed by atoms with Gasteiger partial charge < -0.3 is 15.1 Å². The molecule has 1 N–H and O–H groups in total. The topological polar surface area (TPSA) is 69.7 Å². The van der Waals surface area contributed by atoms with E-state index in [1.165, 1.54) is 9.80 Å². The predicted molar refractivity (Wildman–Crippen MR) is 103 cm³/mol. The molecule has 1 aliphatic rings. The molecule has 1 aliphatic heterocycles. The van der Waals surface area contributed by atoms with E-state index < -0.39 is 0 Å². The molecule has 6 nitrogen and oxygen atoms in total. The molecule has 3 amide bonds. The van der Waals surface area contributed by atoms with Gasteiger partial charge in [-0.2, -0.15) is 0 Å². The Kier molecular flexibility index (Phi) is 5.08. The molecular weight excluding hydrogens is 398 g/mol. The SMILES string of the molecule is Cc1cc(NC(=O)CN2C(=O)CN(C)C(=O)c3ccccc32)ccc1Br. The number of hydrogen-bond acceptors (Lipinski definition) is 3. The number of fused-ring (bicyclic) bond motifs is 1. The first-order valence-corrected chi connectivity index (χ1v) is 8.87. The Balaban J connectivity index is 1.84. The summed E-state index contributed by atoms with van der Waals surface area (Å²) < 4.78 is 0.952. The van der Waals surface area contributed by atoms with Crippen molar-refractivity contribution in [1.82, 2.24) is 4.90 Å². The lowest BCUT2D eigenvalue weighted by Gasteiger charge is -2.21. The van der Waals surface area contributed by atoms with Crippen LogP contribution in [0.4, 0.5) is 11.4 Å². The molecule has 0 radical (unpaired) electrons. The van der Waals surface area contributed by atoms with Gasteiger partial charge in [0, 0.05) is 17.2 Å². The van der Waals surface area contributed by atoms with Gasteiger partial charge in [0.25, 0.3) is 5.91 Å². The summed E-state index contributed by atoms with van der Waals surface area (Å²) in [6.07, 6.45) is 0. The molecule has 0 aliphatic carbocycles. The van der Waals surface area contributed by atoms with E-state index >= 15 is 0 Å². The van der Waals surface area contributed by atoms with Crippen LogP contribution in [0.25, 0.3) is 0 Å². The maximum atomic E-state index is 12.6. The van der Waals surface area contributed by atoms with E-state index in [0.29, 0.717) is 16.9 Å². The Bertz CT molecular complexity index is 897. The van der Waals surface area contributed by atoms with Crippen molar-refractivity contribution < 1.29 is 14.4 Å². The third-order valence-electron chi connectivity index (χ3n) is 4.19. The van der Waals surface area contributed by atoms with Gasteiger partial charge in [-0.25, -0.2) is 0 Å². The van der Waals surface area contributed by atoms with Gasteiger partial charge in [-0.15, -0.1) is 0 Å². The summed E-state index contributed by atoms with van der Waals surface area (Å²) in [6, 6.07) is 12.3. The highest BCUT2D eigenvalue weighted by atomic mass is 79.9. The number of likely N-dealkylation sites (N-methyl/N-ethyl adjacent to an activating group) is 1. The Morgan fingerprint density at radius 1 is 1.19 bits per heavy atom. The minimum absolute atomic E-state index is 0.0712. The minimum Gasteiger partial charge on any atom is -0.332 e. The number of hydrogen-bond donors (Lipinski definition) is 1. The zero-order chi connectivity index (χ0) is 18.8. The zero-order valence-corrected chi connectivity index (χ0v) is 16.0. The van der Waals surface area contributed by atoms with Crippen molar-refractivity contribution in [2.75, 3.05) is 30.4 Å². The quantitative estimate of drug-likeness (QED) is 0.837. The van der Waals surface area contributed by atoms with E-state index in [2.05, 4.69) is 21.2 Å². The lowest BCUT2D eigenvalue weighted by Crippen LogP contribution is -2.41. The van der Waals surface area contributed by atoms with Crippen LogP contribution in [0.15, 0.2) is 46.9 Å². The van der Waals surface area contributed by atoms with Crippen LogP contribution in [0.2, 0.25) is 0 Å². The highest BCUT2D eigenvalue weighted by molar-refractivity contribution is 9.10. The maximum Gasteiger partial charge on any atom is 0.256 e. The van der Waals surface area contributed by atoms with Gasteiger partial charge >= 0.3 is 0 Å². The second-order valence-electron chi connectivity index (χ2n) is 6.17. The smallest absolute Gasteiger partial charge is 0.256 e. The number of aryl methyl sites for hydroxylation is 1. The molecule has 0 saturated carbocycles. The number of nitrogens with zero attached hydrogens (tertiary/aromatic N) is 2. The van der Waals surface area contributed by atoms with Crippen LogP contribution in [0, 0.1) is 6.92 Å². The molecule has 2 aromatic carbocycles. The van der Waals surface area contributed by atoms with Crippen molar-refractivity contribution in [3.63, 3.8) is 0 Å². The number of amides is 3. The third-order valence-corrected chi connectivity index (χ3v) is 5.08. The first-order valence-electron chi connectivity index (χ1n) is 8.07. The number of para-hydroxylation sites is 1. The molecule has 0 atom stereocenters. The number of carbonyl (C=O) groups is 3. The van der Waals surface area contributed by atoms with Gasteiger partial charge in [0.15, 0.2) is 0 Å². The van der Waals surface area contributed by atoms with Crippen LogP contribution >= 0.6 is 15.9 Å². The van der Waals surface area contributed by atoms with Gasteiger partial charge in [-0.1, -0.05) is 28.1 Å². The molecule has 0 bridgehead atoms. The van der Waals surface area contributed by atoms with Gasteiger partial charge in [-0.05, 0) is 42.8 Å². The standard InChI is InChI=1S/C19H18BrN3O3/c1-12-9-13(7-8-15(12)20)21-17(24)10-23-16-6-4-3-5-14(16)19(26)22(2)11-18(23)25/h3-9H,10-11H2,1-2H3,(H,21,24). The molecule has 0 fully saturated rings. The molecule has 0 saturated heterocycles. The molecule has 7 heteroatoms. The van der Waals surface area contributed by atoms with Crippen LogP contribution in [-0.4, -0.2) is 42.8 Å². The van der Waals surface area contributed by atoms with Crippen LogP contribution in [-0.2, 0) is 9.59 Å². The Morgan fingerprint density at radius 2 is 1.92 bits per heavy atom. The number of benzene rings is 2. The fraction of sp³-hybridized carbons (Fsp3) is 0.211. The summed E-state index contributed by atoms with van der Waals surface area (Å²) in [5, 5.41) is 2.80. The number of anilines is 2. The lowest BCUT2D eigenvalue weighted by atomic mass is 10.1. The van der Waals surface area contributed by atoms with Gasteiger partial charge in [0.1, 0.15) is 13.1 Å². The van der Waals surface area contributed by atoms with Gasteiger partial charge in [0.05, 0.1) is 11.3 Å². The molecule has 26 heavy (non-hydrogen) atoms. The summed E-state index contributed by atoms with van der Waals surface area (Å²) in [7, 11) is 1.57. The molecular formula is C19H18BrN3O3. The molecule has 134 valence electrons. The molecule has 3 rings (SSSR count). The summed E-state index contributed by atoms with van der Waals surface area (Å²) in [5.74, 6) is -0.861. The van der Waals surface area contributed by atoms with Crippen LogP contribution < -0.4 is 10.2 Å². The van der Waals surface area contributed by atoms with E-state index in [1.807, 2.05) is 19.1 Å².